The number of rotatable bonds is 5. The second-order valence-corrected chi connectivity index (χ2v) is 5.16. The van der Waals surface area contributed by atoms with Crippen LogP contribution >= 0.6 is 0 Å². The normalized spacial score (nSPS) is 10.6. The van der Waals surface area contributed by atoms with Crippen LogP contribution in [0.5, 0.6) is 5.75 Å². The molecule has 0 bridgehead atoms. The molecule has 0 heterocycles. The molecule has 0 unspecified atom stereocenters. The van der Waals surface area contributed by atoms with E-state index >= 15 is 0 Å². The number of hydrogen-bond donors (Lipinski definition) is 0. The monoisotopic (exact) mass is 244 g/mol. The molecular formula is C17H24O. The van der Waals surface area contributed by atoms with Crippen LogP contribution in [0.2, 0.25) is 0 Å². The summed E-state index contributed by atoms with van der Waals surface area (Å²) in [6.45, 7) is 14.7. The van der Waals surface area contributed by atoms with Gasteiger partial charge >= 0.3 is 0 Å². The molecule has 0 amide bonds. The summed E-state index contributed by atoms with van der Waals surface area (Å²) in [6, 6.07) is 7.98. The van der Waals surface area contributed by atoms with E-state index in [1.165, 1.54) is 5.57 Å². The van der Waals surface area contributed by atoms with Crippen molar-refractivity contribution in [2.24, 2.45) is 11.8 Å². The Kier molecular flexibility index (Phi) is 5.21. The summed E-state index contributed by atoms with van der Waals surface area (Å²) in [5.41, 5.74) is 2.40. The van der Waals surface area contributed by atoms with Gasteiger partial charge in [0.25, 0.3) is 0 Å². The quantitative estimate of drug-likeness (QED) is 0.639. The van der Waals surface area contributed by atoms with Gasteiger partial charge in [0.1, 0.15) is 11.5 Å². The second-order valence-electron chi connectivity index (χ2n) is 5.16. The fourth-order valence-corrected chi connectivity index (χ4v) is 2.45. The number of allylic oxidation sites excluding steroid dienone is 2. The average molecular weight is 244 g/mol. The van der Waals surface area contributed by atoms with Crippen LogP contribution in [0, 0.1) is 11.8 Å². The highest BCUT2D eigenvalue weighted by Gasteiger charge is 2.14. The molecular weight excluding hydrogens is 220 g/mol. The van der Waals surface area contributed by atoms with Crippen molar-refractivity contribution >= 4 is 6.08 Å². The fraction of sp³-hybridized carbons (Fsp3) is 0.412. The zero-order chi connectivity index (χ0) is 13.7. The van der Waals surface area contributed by atoms with Crippen molar-refractivity contribution in [1.82, 2.24) is 0 Å². The Morgan fingerprint density at radius 3 is 2.17 bits per heavy atom. The molecule has 1 aromatic carbocycles. The molecule has 18 heavy (non-hydrogen) atoms. The van der Waals surface area contributed by atoms with Gasteiger partial charge in [-0.2, -0.15) is 0 Å². The Labute approximate surface area is 111 Å². The SMILES string of the molecule is C=Cc1ccccc1OC(C)=C(C(C)C)C(C)C. The van der Waals surface area contributed by atoms with Gasteiger partial charge in [-0.05, 0) is 30.4 Å². The van der Waals surface area contributed by atoms with E-state index in [1.54, 1.807) is 0 Å². The van der Waals surface area contributed by atoms with E-state index in [2.05, 4.69) is 41.2 Å². The van der Waals surface area contributed by atoms with E-state index < -0.39 is 0 Å². The maximum Gasteiger partial charge on any atom is 0.134 e. The fourth-order valence-electron chi connectivity index (χ4n) is 2.45. The first-order valence-corrected chi connectivity index (χ1v) is 6.57. The third-order valence-electron chi connectivity index (χ3n) is 3.05. The molecule has 1 nitrogen and oxygen atoms in total. The van der Waals surface area contributed by atoms with Crippen LogP contribution in [0.4, 0.5) is 0 Å². The van der Waals surface area contributed by atoms with E-state index in [0.717, 1.165) is 17.1 Å². The number of ether oxygens (including phenoxy) is 1. The molecule has 1 heteroatoms. The van der Waals surface area contributed by atoms with Gasteiger partial charge in [-0.1, -0.05) is 58.5 Å². The zero-order valence-electron chi connectivity index (χ0n) is 12.2. The van der Waals surface area contributed by atoms with Gasteiger partial charge < -0.3 is 4.74 Å². The van der Waals surface area contributed by atoms with Crippen LogP contribution < -0.4 is 4.74 Å². The second kappa shape index (κ2) is 6.44. The highest BCUT2D eigenvalue weighted by Crippen LogP contribution is 2.27. The minimum absolute atomic E-state index is 0.501. The minimum atomic E-state index is 0.501. The number of para-hydroxylation sites is 1. The number of benzene rings is 1. The zero-order valence-corrected chi connectivity index (χ0v) is 12.2. The lowest BCUT2D eigenvalue weighted by Crippen LogP contribution is -2.09. The van der Waals surface area contributed by atoms with Crippen molar-refractivity contribution in [3.63, 3.8) is 0 Å². The smallest absolute Gasteiger partial charge is 0.134 e. The average Bonchev–Trinajstić information content (AvgIpc) is 2.28. The topological polar surface area (TPSA) is 9.23 Å². The maximum atomic E-state index is 6.03. The highest BCUT2D eigenvalue weighted by molar-refractivity contribution is 5.55. The van der Waals surface area contributed by atoms with Crippen LogP contribution in [-0.2, 0) is 0 Å². The molecule has 0 aliphatic carbocycles. The first kappa shape index (κ1) is 14.6. The molecule has 98 valence electrons. The lowest BCUT2D eigenvalue weighted by molar-refractivity contribution is 0.399. The van der Waals surface area contributed by atoms with E-state index in [4.69, 9.17) is 4.74 Å². The Morgan fingerprint density at radius 2 is 1.67 bits per heavy atom. The Morgan fingerprint density at radius 1 is 1.11 bits per heavy atom. The van der Waals surface area contributed by atoms with Gasteiger partial charge in [0.15, 0.2) is 0 Å². The first-order valence-electron chi connectivity index (χ1n) is 6.57. The van der Waals surface area contributed by atoms with Crippen molar-refractivity contribution < 1.29 is 4.74 Å². The van der Waals surface area contributed by atoms with Gasteiger partial charge in [0, 0.05) is 5.56 Å². The lowest BCUT2D eigenvalue weighted by Gasteiger charge is -2.20. The van der Waals surface area contributed by atoms with Crippen LogP contribution in [-0.4, -0.2) is 0 Å². The largest absolute Gasteiger partial charge is 0.461 e. The van der Waals surface area contributed by atoms with Crippen molar-refractivity contribution in [2.45, 2.75) is 34.6 Å². The van der Waals surface area contributed by atoms with E-state index in [-0.39, 0.29) is 0 Å². The molecule has 0 atom stereocenters. The molecule has 0 aromatic heterocycles. The van der Waals surface area contributed by atoms with Crippen molar-refractivity contribution in [1.29, 1.82) is 0 Å². The van der Waals surface area contributed by atoms with Crippen LogP contribution in [0.25, 0.3) is 6.08 Å². The predicted octanol–water partition coefficient (Wildman–Crippen LogP) is 5.29. The first-order chi connectivity index (χ1) is 8.47. The standard InChI is InChI=1S/C17H24O/c1-7-15-10-8-9-11-16(15)18-14(6)17(12(2)3)13(4)5/h7-13H,1H2,2-6H3. The van der Waals surface area contributed by atoms with Gasteiger partial charge in [0.2, 0.25) is 0 Å². The molecule has 1 aromatic rings. The van der Waals surface area contributed by atoms with Crippen LogP contribution in [0.1, 0.15) is 40.2 Å². The third-order valence-corrected chi connectivity index (χ3v) is 3.05. The molecule has 0 saturated heterocycles. The van der Waals surface area contributed by atoms with Crippen LogP contribution in [0.15, 0.2) is 42.2 Å². The Balaban J connectivity index is 3.08. The highest BCUT2D eigenvalue weighted by atomic mass is 16.5. The van der Waals surface area contributed by atoms with Crippen molar-refractivity contribution in [2.75, 3.05) is 0 Å². The molecule has 0 aliphatic heterocycles. The van der Waals surface area contributed by atoms with E-state index in [1.807, 2.05) is 30.3 Å². The molecule has 0 spiro atoms. The Bertz CT molecular complexity index is 429. The van der Waals surface area contributed by atoms with Crippen molar-refractivity contribution in [3.05, 3.63) is 47.7 Å². The minimum Gasteiger partial charge on any atom is -0.461 e. The van der Waals surface area contributed by atoms with E-state index in [0.29, 0.717) is 11.8 Å². The molecule has 1 rings (SSSR count). The lowest BCUT2D eigenvalue weighted by atomic mass is 9.91. The summed E-state index contributed by atoms with van der Waals surface area (Å²) in [7, 11) is 0. The summed E-state index contributed by atoms with van der Waals surface area (Å²) < 4.78 is 6.03. The third kappa shape index (κ3) is 3.49. The Hall–Kier alpha value is -1.50. The summed E-state index contributed by atoms with van der Waals surface area (Å²) in [5.74, 6) is 2.89. The van der Waals surface area contributed by atoms with Gasteiger partial charge in [0.05, 0.1) is 0 Å². The van der Waals surface area contributed by atoms with E-state index in [9.17, 15) is 0 Å². The molecule has 0 N–H and O–H groups in total. The predicted molar refractivity (Wildman–Crippen MR) is 79.5 cm³/mol. The summed E-state index contributed by atoms with van der Waals surface area (Å²) >= 11 is 0. The van der Waals surface area contributed by atoms with Gasteiger partial charge in [-0.15, -0.1) is 0 Å². The van der Waals surface area contributed by atoms with Crippen molar-refractivity contribution in [3.8, 4) is 5.75 Å². The van der Waals surface area contributed by atoms with Gasteiger partial charge in [-0.3, -0.25) is 0 Å². The summed E-state index contributed by atoms with van der Waals surface area (Å²) in [4.78, 5) is 0. The maximum absolute atomic E-state index is 6.03. The van der Waals surface area contributed by atoms with Gasteiger partial charge in [-0.25, -0.2) is 0 Å². The molecule has 0 saturated carbocycles. The molecule has 0 radical (unpaired) electrons. The molecule has 0 aliphatic rings. The molecule has 0 fully saturated rings. The summed E-state index contributed by atoms with van der Waals surface area (Å²) in [5, 5.41) is 0. The summed E-state index contributed by atoms with van der Waals surface area (Å²) in [6.07, 6.45) is 1.83. The van der Waals surface area contributed by atoms with Crippen LogP contribution in [0.3, 0.4) is 0 Å². The number of hydrogen-bond acceptors (Lipinski definition) is 1.